The van der Waals surface area contributed by atoms with E-state index in [1.54, 1.807) is 24.3 Å². The summed E-state index contributed by atoms with van der Waals surface area (Å²) in [5.74, 6) is -0.512. The van der Waals surface area contributed by atoms with Crippen molar-refractivity contribution in [1.29, 1.82) is 0 Å². The van der Waals surface area contributed by atoms with Gasteiger partial charge >= 0.3 is 6.03 Å². The van der Waals surface area contributed by atoms with E-state index in [-0.39, 0.29) is 30.9 Å². The Balaban J connectivity index is 1.37. The number of anilines is 2. The Morgan fingerprint density at radius 1 is 1.11 bits per heavy atom. The predicted molar refractivity (Wildman–Crippen MR) is 106 cm³/mol. The molecule has 1 aliphatic heterocycles. The highest BCUT2D eigenvalue weighted by Crippen LogP contribution is 2.30. The third-order valence-electron chi connectivity index (χ3n) is 5.12. The Hall–Kier alpha value is -3.35. The molecule has 7 nitrogen and oxygen atoms in total. The molecule has 28 heavy (non-hydrogen) atoms. The number of rotatable bonds is 3. The van der Waals surface area contributed by atoms with Gasteiger partial charge in [-0.15, -0.1) is 0 Å². The van der Waals surface area contributed by atoms with E-state index in [0.29, 0.717) is 11.4 Å². The van der Waals surface area contributed by atoms with Gasteiger partial charge in [0.15, 0.2) is 0 Å². The molecule has 1 atom stereocenters. The van der Waals surface area contributed by atoms with E-state index in [0.717, 1.165) is 24.8 Å². The molecule has 0 aromatic heterocycles. The molecule has 1 unspecified atom stereocenters. The SMILES string of the molecule is O=C1CN(C(=O)NCC(=O)NC2CCCc3ccccc32)c2ccccc2N1. The molecule has 4 amide bonds. The van der Waals surface area contributed by atoms with E-state index >= 15 is 0 Å². The molecule has 1 aliphatic carbocycles. The summed E-state index contributed by atoms with van der Waals surface area (Å²) in [6.45, 7) is -0.224. The van der Waals surface area contributed by atoms with Gasteiger partial charge in [-0.3, -0.25) is 14.5 Å². The van der Waals surface area contributed by atoms with Gasteiger partial charge in [-0.1, -0.05) is 36.4 Å². The Bertz CT molecular complexity index is 927. The standard InChI is InChI=1S/C21H22N4O3/c26-19(23-16-10-5-7-14-6-1-2-8-15(14)16)12-22-21(28)25-13-20(27)24-17-9-3-4-11-18(17)25/h1-4,6,8-9,11,16H,5,7,10,12-13H2,(H,22,28)(H,23,26)(H,24,27). The molecule has 7 heteroatoms. The van der Waals surface area contributed by atoms with Crippen LogP contribution in [0.2, 0.25) is 0 Å². The first-order valence-corrected chi connectivity index (χ1v) is 9.43. The topological polar surface area (TPSA) is 90.5 Å². The van der Waals surface area contributed by atoms with Crippen LogP contribution in [0.3, 0.4) is 0 Å². The highest BCUT2D eigenvalue weighted by Gasteiger charge is 2.27. The van der Waals surface area contributed by atoms with Crippen LogP contribution in [0.25, 0.3) is 0 Å². The van der Waals surface area contributed by atoms with Gasteiger partial charge in [0.2, 0.25) is 11.8 Å². The zero-order chi connectivity index (χ0) is 19.5. The van der Waals surface area contributed by atoms with Crippen molar-refractivity contribution < 1.29 is 14.4 Å². The van der Waals surface area contributed by atoms with Crippen molar-refractivity contribution in [3.05, 3.63) is 59.7 Å². The fraction of sp³-hybridized carbons (Fsp3) is 0.286. The average molecular weight is 378 g/mol. The third kappa shape index (κ3) is 3.69. The second kappa shape index (κ2) is 7.72. The molecular formula is C21H22N4O3. The number of amides is 4. The maximum Gasteiger partial charge on any atom is 0.322 e. The van der Waals surface area contributed by atoms with Gasteiger partial charge in [-0.2, -0.15) is 0 Å². The van der Waals surface area contributed by atoms with Crippen LogP contribution in [0.4, 0.5) is 16.2 Å². The lowest BCUT2D eigenvalue weighted by Gasteiger charge is -2.29. The first kappa shape index (κ1) is 18.0. The fourth-order valence-corrected chi connectivity index (χ4v) is 3.81. The second-order valence-corrected chi connectivity index (χ2v) is 7.02. The van der Waals surface area contributed by atoms with Crippen LogP contribution in [0, 0.1) is 0 Å². The third-order valence-corrected chi connectivity index (χ3v) is 5.12. The summed E-state index contributed by atoms with van der Waals surface area (Å²) in [7, 11) is 0. The van der Waals surface area contributed by atoms with Crippen LogP contribution in [-0.2, 0) is 16.0 Å². The van der Waals surface area contributed by atoms with Gasteiger partial charge < -0.3 is 16.0 Å². The first-order valence-electron chi connectivity index (χ1n) is 9.43. The van der Waals surface area contributed by atoms with Crippen LogP contribution in [0.15, 0.2) is 48.5 Å². The minimum absolute atomic E-state index is 0.0316. The molecule has 1 heterocycles. The van der Waals surface area contributed by atoms with Crippen molar-refractivity contribution in [2.24, 2.45) is 0 Å². The molecule has 0 radical (unpaired) electrons. The van der Waals surface area contributed by atoms with Crippen molar-refractivity contribution in [1.82, 2.24) is 10.6 Å². The molecule has 144 valence electrons. The number of hydrogen-bond acceptors (Lipinski definition) is 3. The molecule has 0 spiro atoms. The van der Waals surface area contributed by atoms with Crippen LogP contribution < -0.4 is 20.9 Å². The number of nitrogens with one attached hydrogen (secondary N) is 3. The van der Waals surface area contributed by atoms with Crippen LogP contribution >= 0.6 is 0 Å². The summed E-state index contributed by atoms with van der Waals surface area (Å²) in [6.07, 6.45) is 2.93. The molecule has 0 fully saturated rings. The largest absolute Gasteiger partial charge is 0.348 e. The van der Waals surface area contributed by atoms with Crippen molar-refractivity contribution in [3.63, 3.8) is 0 Å². The lowest BCUT2D eigenvalue weighted by Crippen LogP contribution is -2.49. The average Bonchev–Trinajstić information content (AvgIpc) is 2.71. The molecule has 2 aromatic rings. The van der Waals surface area contributed by atoms with E-state index in [9.17, 15) is 14.4 Å². The highest BCUT2D eigenvalue weighted by atomic mass is 16.2. The summed E-state index contributed by atoms with van der Waals surface area (Å²) in [5.41, 5.74) is 3.60. The number of carbonyl (C=O) groups is 3. The Kier molecular flexibility index (Phi) is 4.97. The summed E-state index contributed by atoms with van der Waals surface area (Å²) in [5, 5.41) is 8.37. The van der Waals surface area contributed by atoms with E-state index in [4.69, 9.17) is 0 Å². The quantitative estimate of drug-likeness (QED) is 0.766. The molecular weight excluding hydrogens is 356 g/mol. The predicted octanol–water partition coefficient (Wildman–Crippen LogP) is 2.35. The zero-order valence-electron chi connectivity index (χ0n) is 15.4. The summed E-state index contributed by atoms with van der Waals surface area (Å²) >= 11 is 0. The number of carbonyl (C=O) groups excluding carboxylic acids is 3. The molecule has 4 rings (SSSR count). The number of para-hydroxylation sites is 2. The number of urea groups is 1. The van der Waals surface area contributed by atoms with Gasteiger partial charge in [0.1, 0.15) is 6.54 Å². The number of aryl methyl sites for hydroxylation is 1. The van der Waals surface area contributed by atoms with Crippen molar-refractivity contribution in [2.45, 2.75) is 25.3 Å². The van der Waals surface area contributed by atoms with Crippen molar-refractivity contribution in [3.8, 4) is 0 Å². The molecule has 2 aliphatic rings. The van der Waals surface area contributed by atoms with Crippen molar-refractivity contribution >= 4 is 29.2 Å². The molecule has 2 aromatic carbocycles. The lowest BCUT2D eigenvalue weighted by molar-refractivity contribution is -0.121. The van der Waals surface area contributed by atoms with Gasteiger partial charge in [0.25, 0.3) is 0 Å². The van der Waals surface area contributed by atoms with Gasteiger partial charge in [0.05, 0.1) is 24.0 Å². The highest BCUT2D eigenvalue weighted by molar-refractivity contribution is 6.09. The Morgan fingerprint density at radius 2 is 1.89 bits per heavy atom. The fourth-order valence-electron chi connectivity index (χ4n) is 3.81. The number of fused-ring (bicyclic) bond motifs is 2. The van der Waals surface area contributed by atoms with Crippen molar-refractivity contribution in [2.75, 3.05) is 23.3 Å². The van der Waals surface area contributed by atoms with Crippen LogP contribution in [0.1, 0.15) is 30.0 Å². The second-order valence-electron chi connectivity index (χ2n) is 7.02. The van der Waals surface area contributed by atoms with E-state index in [2.05, 4.69) is 22.0 Å². The van der Waals surface area contributed by atoms with Gasteiger partial charge in [0, 0.05) is 0 Å². The van der Waals surface area contributed by atoms with E-state index in [1.165, 1.54) is 10.5 Å². The summed E-state index contributed by atoms with van der Waals surface area (Å²) in [6, 6.07) is 14.7. The van der Waals surface area contributed by atoms with E-state index in [1.807, 2.05) is 18.2 Å². The molecule has 3 N–H and O–H groups in total. The number of benzene rings is 2. The minimum Gasteiger partial charge on any atom is -0.348 e. The molecule has 0 saturated carbocycles. The monoisotopic (exact) mass is 378 g/mol. The number of nitrogens with zero attached hydrogens (tertiary/aromatic N) is 1. The lowest BCUT2D eigenvalue weighted by atomic mass is 9.88. The Morgan fingerprint density at radius 3 is 2.79 bits per heavy atom. The molecule has 0 saturated heterocycles. The smallest absolute Gasteiger partial charge is 0.322 e. The van der Waals surface area contributed by atoms with E-state index < -0.39 is 6.03 Å². The summed E-state index contributed by atoms with van der Waals surface area (Å²) < 4.78 is 0. The maximum absolute atomic E-state index is 12.6. The van der Waals surface area contributed by atoms with Gasteiger partial charge in [-0.05, 0) is 42.5 Å². The zero-order valence-corrected chi connectivity index (χ0v) is 15.4. The summed E-state index contributed by atoms with van der Waals surface area (Å²) in [4.78, 5) is 38.1. The Labute approximate surface area is 163 Å². The maximum atomic E-state index is 12.6. The van der Waals surface area contributed by atoms with Crippen LogP contribution in [0.5, 0.6) is 0 Å². The first-order chi connectivity index (χ1) is 13.6. The van der Waals surface area contributed by atoms with Gasteiger partial charge in [-0.25, -0.2) is 4.79 Å². The van der Waals surface area contributed by atoms with Crippen LogP contribution in [-0.4, -0.2) is 30.9 Å². The normalized spacial score (nSPS) is 17.8. The molecule has 0 bridgehead atoms. The number of hydrogen-bond donors (Lipinski definition) is 3. The minimum atomic E-state index is -0.471.